The highest BCUT2D eigenvalue weighted by atomic mass is 16.5. The molecule has 1 aliphatic heterocycles. The monoisotopic (exact) mass is 262 g/mol. The second-order valence-electron chi connectivity index (χ2n) is 5.42. The highest BCUT2D eigenvalue weighted by Gasteiger charge is 2.18. The van der Waals surface area contributed by atoms with Gasteiger partial charge in [0.05, 0.1) is 6.10 Å². The molecule has 0 aromatic heterocycles. The summed E-state index contributed by atoms with van der Waals surface area (Å²) in [5.74, 6) is 0. The summed E-state index contributed by atoms with van der Waals surface area (Å²) in [5.41, 5.74) is 4.01. The van der Waals surface area contributed by atoms with E-state index in [4.69, 9.17) is 4.74 Å². The number of aryl methyl sites for hydroxylation is 1. The average molecular weight is 262 g/mol. The van der Waals surface area contributed by atoms with Crippen molar-refractivity contribution in [2.24, 2.45) is 0 Å². The van der Waals surface area contributed by atoms with Gasteiger partial charge in [0, 0.05) is 32.4 Å². The molecule has 0 spiro atoms. The molecule has 0 radical (unpaired) electrons. The van der Waals surface area contributed by atoms with Crippen molar-refractivity contribution in [1.82, 2.24) is 5.32 Å². The summed E-state index contributed by atoms with van der Waals surface area (Å²) in [5, 5.41) is 3.37. The lowest BCUT2D eigenvalue weighted by Gasteiger charge is -2.24. The maximum absolute atomic E-state index is 5.71. The number of likely N-dealkylation sites (N-methyl/N-ethyl adjacent to an activating group) is 1. The molecular weight excluding hydrogens is 236 g/mol. The third-order valence-corrected chi connectivity index (χ3v) is 3.75. The van der Waals surface area contributed by atoms with Crippen LogP contribution in [0.3, 0.4) is 0 Å². The molecule has 3 heteroatoms. The van der Waals surface area contributed by atoms with Gasteiger partial charge in [0.25, 0.3) is 0 Å². The Bertz CT molecular complexity index is 400. The molecule has 1 aromatic rings. The first-order valence-corrected chi connectivity index (χ1v) is 7.33. The number of benzene rings is 1. The molecule has 1 aromatic carbocycles. The molecule has 1 aliphatic rings. The van der Waals surface area contributed by atoms with Gasteiger partial charge in [-0.15, -0.1) is 0 Å². The van der Waals surface area contributed by atoms with Gasteiger partial charge in [0.2, 0.25) is 0 Å². The Morgan fingerprint density at radius 1 is 1.42 bits per heavy atom. The van der Waals surface area contributed by atoms with Crippen molar-refractivity contribution in [1.29, 1.82) is 0 Å². The summed E-state index contributed by atoms with van der Waals surface area (Å²) in [6.07, 6.45) is 2.81. The molecule has 0 amide bonds. The molecule has 0 saturated carbocycles. The van der Waals surface area contributed by atoms with E-state index in [9.17, 15) is 0 Å². The van der Waals surface area contributed by atoms with E-state index < -0.39 is 0 Å². The van der Waals surface area contributed by atoms with Gasteiger partial charge < -0.3 is 15.0 Å². The van der Waals surface area contributed by atoms with E-state index >= 15 is 0 Å². The minimum absolute atomic E-state index is 0.408. The van der Waals surface area contributed by atoms with Gasteiger partial charge in [-0.2, -0.15) is 0 Å². The molecule has 1 unspecified atom stereocenters. The number of anilines is 1. The fraction of sp³-hybridized carbons (Fsp3) is 0.625. The minimum atomic E-state index is 0.408. The Morgan fingerprint density at radius 3 is 2.89 bits per heavy atom. The molecule has 1 N–H and O–H groups in total. The first-order chi connectivity index (χ1) is 9.20. The van der Waals surface area contributed by atoms with E-state index in [0.717, 1.165) is 26.2 Å². The predicted molar refractivity (Wildman–Crippen MR) is 80.8 cm³/mol. The van der Waals surface area contributed by atoms with Crippen molar-refractivity contribution < 1.29 is 4.74 Å². The Balaban J connectivity index is 1.98. The molecule has 106 valence electrons. The standard InChI is InChI=1S/C16H26N2O/c1-4-17-11-14-7-8-16(13(2)10-14)18(3)12-15-6-5-9-19-15/h7-8,10,15,17H,4-6,9,11-12H2,1-3H3. The molecule has 1 atom stereocenters. The largest absolute Gasteiger partial charge is 0.376 e. The number of nitrogens with zero attached hydrogens (tertiary/aromatic N) is 1. The van der Waals surface area contributed by atoms with Crippen LogP contribution in [0.4, 0.5) is 5.69 Å². The van der Waals surface area contributed by atoms with Crippen LogP contribution in [0.1, 0.15) is 30.9 Å². The Morgan fingerprint density at radius 2 is 2.26 bits per heavy atom. The lowest BCUT2D eigenvalue weighted by molar-refractivity contribution is 0.116. The van der Waals surface area contributed by atoms with Gasteiger partial charge in [-0.05, 0) is 43.5 Å². The summed E-state index contributed by atoms with van der Waals surface area (Å²) in [7, 11) is 2.16. The van der Waals surface area contributed by atoms with E-state index in [2.05, 4.69) is 49.3 Å². The first-order valence-electron chi connectivity index (χ1n) is 7.33. The van der Waals surface area contributed by atoms with Gasteiger partial charge in [-0.3, -0.25) is 0 Å². The summed E-state index contributed by atoms with van der Waals surface area (Å²) in [6.45, 7) is 8.21. The molecule has 1 heterocycles. The van der Waals surface area contributed by atoms with Crippen LogP contribution in [0.2, 0.25) is 0 Å². The van der Waals surface area contributed by atoms with Crippen LogP contribution in [0.15, 0.2) is 18.2 Å². The number of hydrogen-bond donors (Lipinski definition) is 1. The number of ether oxygens (including phenoxy) is 1. The van der Waals surface area contributed by atoms with Crippen LogP contribution < -0.4 is 10.2 Å². The fourth-order valence-corrected chi connectivity index (χ4v) is 2.72. The Labute approximate surface area is 116 Å². The van der Waals surface area contributed by atoms with Crippen LogP contribution in [0, 0.1) is 6.92 Å². The normalized spacial score (nSPS) is 18.8. The Hall–Kier alpha value is -1.06. The van der Waals surface area contributed by atoms with Crippen molar-refractivity contribution >= 4 is 5.69 Å². The number of hydrogen-bond acceptors (Lipinski definition) is 3. The maximum Gasteiger partial charge on any atom is 0.0750 e. The summed E-state index contributed by atoms with van der Waals surface area (Å²) in [4.78, 5) is 2.32. The fourth-order valence-electron chi connectivity index (χ4n) is 2.72. The molecule has 19 heavy (non-hydrogen) atoms. The van der Waals surface area contributed by atoms with Crippen LogP contribution in [0.25, 0.3) is 0 Å². The average Bonchev–Trinajstić information content (AvgIpc) is 2.89. The van der Waals surface area contributed by atoms with Gasteiger partial charge in [-0.1, -0.05) is 19.1 Å². The van der Waals surface area contributed by atoms with Gasteiger partial charge >= 0.3 is 0 Å². The lowest BCUT2D eigenvalue weighted by Crippen LogP contribution is -2.29. The van der Waals surface area contributed by atoms with Crippen molar-refractivity contribution in [2.75, 3.05) is 31.6 Å². The van der Waals surface area contributed by atoms with E-state index in [1.165, 1.54) is 29.7 Å². The zero-order valence-electron chi connectivity index (χ0n) is 12.4. The Kier molecular flexibility index (Phi) is 5.23. The van der Waals surface area contributed by atoms with Crippen LogP contribution in [-0.2, 0) is 11.3 Å². The SMILES string of the molecule is CCNCc1ccc(N(C)CC2CCCO2)c(C)c1. The van der Waals surface area contributed by atoms with Crippen LogP contribution >= 0.6 is 0 Å². The van der Waals surface area contributed by atoms with Crippen molar-refractivity contribution in [2.45, 2.75) is 39.3 Å². The third kappa shape index (κ3) is 3.95. The summed E-state index contributed by atoms with van der Waals surface area (Å²) >= 11 is 0. The molecule has 0 aliphatic carbocycles. The molecule has 0 bridgehead atoms. The topological polar surface area (TPSA) is 24.5 Å². The third-order valence-electron chi connectivity index (χ3n) is 3.75. The second kappa shape index (κ2) is 6.92. The zero-order valence-corrected chi connectivity index (χ0v) is 12.4. The lowest BCUT2D eigenvalue weighted by atomic mass is 10.1. The van der Waals surface area contributed by atoms with E-state index in [0.29, 0.717) is 6.10 Å². The maximum atomic E-state index is 5.71. The molecule has 3 nitrogen and oxygen atoms in total. The second-order valence-corrected chi connectivity index (χ2v) is 5.42. The van der Waals surface area contributed by atoms with E-state index in [1.807, 2.05) is 0 Å². The number of nitrogens with one attached hydrogen (secondary N) is 1. The zero-order chi connectivity index (χ0) is 13.7. The first kappa shape index (κ1) is 14.4. The van der Waals surface area contributed by atoms with E-state index in [-0.39, 0.29) is 0 Å². The van der Waals surface area contributed by atoms with Gasteiger partial charge in [-0.25, -0.2) is 0 Å². The van der Waals surface area contributed by atoms with Crippen LogP contribution in [0.5, 0.6) is 0 Å². The van der Waals surface area contributed by atoms with Crippen molar-refractivity contribution in [3.8, 4) is 0 Å². The summed E-state index contributed by atoms with van der Waals surface area (Å²) < 4.78 is 5.71. The highest BCUT2D eigenvalue weighted by Crippen LogP contribution is 2.22. The molecule has 1 fully saturated rings. The quantitative estimate of drug-likeness (QED) is 0.853. The van der Waals surface area contributed by atoms with Crippen molar-refractivity contribution in [3.05, 3.63) is 29.3 Å². The van der Waals surface area contributed by atoms with E-state index in [1.54, 1.807) is 0 Å². The highest BCUT2D eigenvalue weighted by molar-refractivity contribution is 5.54. The van der Waals surface area contributed by atoms with Crippen LogP contribution in [-0.4, -0.2) is 32.8 Å². The van der Waals surface area contributed by atoms with Crippen molar-refractivity contribution in [3.63, 3.8) is 0 Å². The molecule has 1 saturated heterocycles. The summed E-state index contributed by atoms with van der Waals surface area (Å²) in [6, 6.07) is 6.73. The minimum Gasteiger partial charge on any atom is -0.376 e. The predicted octanol–water partition coefficient (Wildman–Crippen LogP) is 2.72. The smallest absolute Gasteiger partial charge is 0.0750 e. The number of rotatable bonds is 6. The van der Waals surface area contributed by atoms with Gasteiger partial charge in [0.15, 0.2) is 0 Å². The van der Waals surface area contributed by atoms with Gasteiger partial charge in [0.1, 0.15) is 0 Å². The molecule has 2 rings (SSSR count). The molecular formula is C16H26N2O.